The Hall–Kier alpha value is -3.10. The number of hydrogen-bond acceptors (Lipinski definition) is 5. The van der Waals surface area contributed by atoms with E-state index in [1.165, 1.54) is 40.7 Å². The first-order valence-electron chi connectivity index (χ1n) is 8.64. The highest BCUT2D eigenvalue weighted by Crippen LogP contribution is 2.25. The normalized spacial score (nSPS) is 10.8. The first kappa shape index (κ1) is 19.2. The molecule has 2 aromatic carbocycles. The summed E-state index contributed by atoms with van der Waals surface area (Å²) in [6, 6.07) is 16.8. The predicted molar refractivity (Wildman–Crippen MR) is 112 cm³/mol. The molecule has 2 heterocycles. The third kappa shape index (κ3) is 4.33. The quantitative estimate of drug-likeness (QED) is 0.456. The highest BCUT2D eigenvalue weighted by atomic mass is 35.5. The maximum atomic E-state index is 13.1. The van der Waals surface area contributed by atoms with Gasteiger partial charge in [-0.25, -0.2) is 4.39 Å². The van der Waals surface area contributed by atoms with Crippen LogP contribution in [0.3, 0.4) is 0 Å². The van der Waals surface area contributed by atoms with Crippen LogP contribution in [0.5, 0.6) is 0 Å². The zero-order chi connectivity index (χ0) is 20.2. The van der Waals surface area contributed by atoms with Crippen LogP contribution in [0.4, 0.5) is 15.9 Å². The third-order valence-electron chi connectivity index (χ3n) is 4.05. The topological polar surface area (TPSA) is 64.7 Å². The van der Waals surface area contributed by atoms with Crippen LogP contribution in [0.2, 0.25) is 5.02 Å². The lowest BCUT2D eigenvalue weighted by molar-refractivity contribution is 0.533. The van der Waals surface area contributed by atoms with Crippen LogP contribution in [0, 0.1) is 5.82 Å². The molecule has 146 valence electrons. The molecule has 0 saturated heterocycles. The molecule has 0 spiro atoms. The molecule has 4 rings (SSSR count). The number of halogens is 2. The van der Waals surface area contributed by atoms with Gasteiger partial charge >= 0.3 is 5.56 Å². The van der Waals surface area contributed by atoms with Gasteiger partial charge in [-0.15, -0.1) is 10.2 Å². The van der Waals surface area contributed by atoms with Crippen LogP contribution >= 0.6 is 23.4 Å². The van der Waals surface area contributed by atoms with Crippen LogP contribution in [0.1, 0.15) is 5.56 Å². The van der Waals surface area contributed by atoms with E-state index < -0.39 is 0 Å². The monoisotopic (exact) mass is 427 g/mol. The molecule has 0 bridgehead atoms. The number of benzene rings is 2. The Morgan fingerprint density at radius 2 is 1.72 bits per heavy atom. The van der Waals surface area contributed by atoms with E-state index in [2.05, 4.69) is 15.5 Å². The number of nitrogens with zero attached hydrogens (tertiary/aromatic N) is 4. The lowest BCUT2D eigenvalue weighted by Crippen LogP contribution is -2.30. The maximum Gasteiger partial charge on any atom is 0.316 e. The van der Waals surface area contributed by atoms with E-state index in [1.54, 1.807) is 17.1 Å². The van der Waals surface area contributed by atoms with E-state index >= 15 is 0 Å². The largest absolute Gasteiger partial charge is 0.334 e. The molecule has 9 heteroatoms. The second kappa shape index (κ2) is 8.50. The number of hydrogen-bond donors (Lipinski definition) is 1. The summed E-state index contributed by atoms with van der Waals surface area (Å²) in [5.74, 6) is 0.199. The van der Waals surface area contributed by atoms with Gasteiger partial charge < -0.3 is 5.32 Å². The fraction of sp³-hybridized carbons (Fsp3) is 0.0500. The van der Waals surface area contributed by atoms with Gasteiger partial charge in [0.25, 0.3) is 0 Å². The van der Waals surface area contributed by atoms with E-state index in [4.69, 9.17) is 11.6 Å². The van der Waals surface area contributed by atoms with Gasteiger partial charge in [0.05, 0.1) is 0 Å². The summed E-state index contributed by atoms with van der Waals surface area (Å²) in [5.41, 5.74) is 1.08. The Bertz CT molecular complexity index is 1180. The number of thioether (sulfide) groups is 1. The van der Waals surface area contributed by atoms with Crippen molar-refractivity contribution in [2.45, 2.75) is 10.9 Å². The summed E-state index contributed by atoms with van der Waals surface area (Å²) < 4.78 is 16.2. The first-order chi connectivity index (χ1) is 14.1. The van der Waals surface area contributed by atoms with Crippen LogP contribution in [-0.2, 0) is 5.75 Å². The van der Waals surface area contributed by atoms with Crippen LogP contribution in [0.15, 0.2) is 83.0 Å². The Labute approximate surface area is 174 Å². The van der Waals surface area contributed by atoms with Gasteiger partial charge in [-0.3, -0.25) is 9.47 Å². The van der Waals surface area contributed by atoms with Crippen molar-refractivity contribution in [2.24, 2.45) is 0 Å². The van der Waals surface area contributed by atoms with Gasteiger partial charge in [0.2, 0.25) is 11.0 Å². The van der Waals surface area contributed by atoms with Crippen molar-refractivity contribution in [3.63, 3.8) is 0 Å². The van der Waals surface area contributed by atoms with E-state index in [0.29, 0.717) is 21.6 Å². The molecule has 0 atom stereocenters. The number of anilines is 2. The highest BCUT2D eigenvalue weighted by Gasteiger charge is 2.15. The molecule has 0 aliphatic carbocycles. The van der Waals surface area contributed by atoms with Crippen molar-refractivity contribution in [1.29, 1.82) is 0 Å². The average Bonchev–Trinajstić information content (AvgIpc) is 3.25. The first-order valence-corrected chi connectivity index (χ1v) is 10.0. The van der Waals surface area contributed by atoms with E-state index in [1.807, 2.05) is 36.4 Å². The smallest absolute Gasteiger partial charge is 0.316 e. The Kier molecular flexibility index (Phi) is 5.64. The summed E-state index contributed by atoms with van der Waals surface area (Å²) in [6.07, 6.45) is 3.48. The highest BCUT2D eigenvalue weighted by molar-refractivity contribution is 7.98. The molecular formula is C20H15ClFN5OS. The van der Waals surface area contributed by atoms with Gasteiger partial charge in [-0.2, -0.15) is 4.68 Å². The van der Waals surface area contributed by atoms with E-state index in [-0.39, 0.29) is 17.2 Å². The third-order valence-corrected chi connectivity index (χ3v) is 5.39. The molecule has 0 radical (unpaired) electrons. The Morgan fingerprint density at radius 3 is 2.45 bits per heavy atom. The molecule has 0 amide bonds. The second-order valence-corrected chi connectivity index (χ2v) is 7.37. The van der Waals surface area contributed by atoms with Gasteiger partial charge in [0, 0.05) is 28.9 Å². The number of nitrogens with one attached hydrogen (secondary N) is 1. The van der Waals surface area contributed by atoms with Crippen molar-refractivity contribution in [2.75, 3.05) is 5.32 Å². The lowest BCUT2D eigenvalue weighted by Gasteiger charge is -2.14. The van der Waals surface area contributed by atoms with Crippen LogP contribution < -0.4 is 10.9 Å². The zero-order valence-electron chi connectivity index (χ0n) is 15.0. The number of aromatic nitrogens is 4. The molecule has 29 heavy (non-hydrogen) atoms. The average molecular weight is 428 g/mol. The standard InChI is InChI=1S/C20H15ClFN5OS/c21-17-6-2-1-5-14(17)13-29-20-25-24-18(23-16-9-7-15(22)8-10-16)19(28)27(20)26-11-3-4-12-26/h1-12H,13H2,(H,23,24). The summed E-state index contributed by atoms with van der Waals surface area (Å²) in [7, 11) is 0. The van der Waals surface area contributed by atoms with Gasteiger partial charge in [0.1, 0.15) is 5.82 Å². The van der Waals surface area contributed by atoms with Gasteiger partial charge in [-0.1, -0.05) is 41.6 Å². The summed E-state index contributed by atoms with van der Waals surface area (Å²) in [6.45, 7) is 0. The second-order valence-electron chi connectivity index (χ2n) is 6.02. The van der Waals surface area contributed by atoms with Gasteiger partial charge in [-0.05, 0) is 48.0 Å². The minimum absolute atomic E-state index is 0.0346. The Balaban J connectivity index is 1.68. The molecule has 2 aromatic heterocycles. The fourth-order valence-corrected chi connectivity index (χ4v) is 3.84. The lowest BCUT2D eigenvalue weighted by atomic mass is 10.2. The summed E-state index contributed by atoms with van der Waals surface area (Å²) in [4.78, 5) is 13.1. The summed E-state index contributed by atoms with van der Waals surface area (Å²) in [5, 5.41) is 12.2. The predicted octanol–water partition coefficient (Wildman–Crippen LogP) is 4.58. The van der Waals surface area contributed by atoms with E-state index in [9.17, 15) is 9.18 Å². The van der Waals surface area contributed by atoms with Crippen LogP contribution in [0.25, 0.3) is 0 Å². The van der Waals surface area contributed by atoms with Gasteiger partial charge in [0.15, 0.2) is 0 Å². The van der Waals surface area contributed by atoms with Crippen molar-refractivity contribution in [3.05, 3.63) is 99.8 Å². The molecule has 0 unspecified atom stereocenters. The minimum Gasteiger partial charge on any atom is -0.334 e. The summed E-state index contributed by atoms with van der Waals surface area (Å²) >= 11 is 7.58. The van der Waals surface area contributed by atoms with Crippen molar-refractivity contribution in [1.82, 2.24) is 19.5 Å². The van der Waals surface area contributed by atoms with Crippen LogP contribution in [-0.4, -0.2) is 19.5 Å². The number of rotatable bonds is 6. The molecule has 0 aliphatic rings. The fourth-order valence-electron chi connectivity index (χ4n) is 2.62. The maximum absolute atomic E-state index is 13.1. The molecule has 6 nitrogen and oxygen atoms in total. The minimum atomic E-state index is -0.387. The van der Waals surface area contributed by atoms with Crippen molar-refractivity contribution >= 4 is 34.9 Å². The Morgan fingerprint density at radius 1 is 1.00 bits per heavy atom. The molecular weight excluding hydrogens is 413 g/mol. The molecule has 0 aliphatic heterocycles. The van der Waals surface area contributed by atoms with Crippen molar-refractivity contribution in [3.8, 4) is 0 Å². The molecule has 1 N–H and O–H groups in total. The molecule has 0 saturated carbocycles. The zero-order valence-corrected chi connectivity index (χ0v) is 16.6. The van der Waals surface area contributed by atoms with E-state index in [0.717, 1.165) is 5.56 Å². The molecule has 0 fully saturated rings. The SMILES string of the molecule is O=c1c(Nc2ccc(F)cc2)nnc(SCc2ccccc2Cl)n1-n1cccc1. The molecule has 4 aromatic rings. The van der Waals surface area contributed by atoms with Crippen molar-refractivity contribution < 1.29 is 4.39 Å².